The van der Waals surface area contributed by atoms with E-state index in [4.69, 9.17) is 4.74 Å². The number of para-hydroxylation sites is 1. The Hall–Kier alpha value is -1.51. The molecule has 1 rings (SSSR count). The van der Waals surface area contributed by atoms with Crippen LogP contribution in [0.2, 0.25) is 0 Å². The molecule has 0 amide bonds. The minimum absolute atomic E-state index is 0.134. The van der Waals surface area contributed by atoms with E-state index in [2.05, 4.69) is 25.2 Å². The molecule has 1 aromatic rings. The summed E-state index contributed by atoms with van der Waals surface area (Å²) in [6, 6.07) is 8.20. The molecule has 0 saturated heterocycles. The molecule has 1 atom stereocenters. The van der Waals surface area contributed by atoms with Gasteiger partial charge >= 0.3 is 5.97 Å². The summed E-state index contributed by atoms with van der Waals surface area (Å²) < 4.78 is 4.99. The van der Waals surface area contributed by atoms with Crippen LogP contribution in [-0.4, -0.2) is 19.1 Å². The smallest absolute Gasteiger partial charge is 0.310 e. The normalized spacial score (nSPS) is 12.3. The Kier molecular flexibility index (Phi) is 5.69. The van der Waals surface area contributed by atoms with Gasteiger partial charge in [0.1, 0.15) is 0 Å². The van der Waals surface area contributed by atoms with Crippen LogP contribution >= 0.6 is 0 Å². The summed E-state index contributed by atoms with van der Waals surface area (Å²) in [6.45, 7) is 9.06. The number of carbonyl (C=O) groups is 1. The van der Waals surface area contributed by atoms with Crippen LogP contribution in [0.4, 0.5) is 5.69 Å². The quantitative estimate of drug-likeness (QED) is 0.785. The van der Waals surface area contributed by atoms with Crippen molar-refractivity contribution in [3.63, 3.8) is 0 Å². The van der Waals surface area contributed by atoms with Crippen LogP contribution in [0.1, 0.15) is 39.2 Å². The summed E-state index contributed by atoms with van der Waals surface area (Å²) in [4.78, 5) is 11.5. The van der Waals surface area contributed by atoms with E-state index >= 15 is 0 Å². The highest BCUT2D eigenvalue weighted by Gasteiger charge is 2.14. The average Bonchev–Trinajstić information content (AvgIpc) is 2.36. The molecular weight excluding hydrogens is 226 g/mol. The molecule has 0 aliphatic rings. The van der Waals surface area contributed by atoms with Crippen LogP contribution in [-0.2, 0) is 9.53 Å². The molecule has 1 N–H and O–H groups in total. The Labute approximate surface area is 110 Å². The Balaban J connectivity index is 2.61. The molecule has 1 aromatic carbocycles. The molecular formula is C15H23NO2. The van der Waals surface area contributed by atoms with Crippen LogP contribution < -0.4 is 5.32 Å². The van der Waals surface area contributed by atoms with E-state index < -0.39 is 0 Å². The van der Waals surface area contributed by atoms with Gasteiger partial charge in [0.2, 0.25) is 0 Å². The van der Waals surface area contributed by atoms with Gasteiger partial charge in [-0.2, -0.15) is 0 Å². The van der Waals surface area contributed by atoms with Crippen LogP contribution in [0, 0.1) is 5.92 Å². The van der Waals surface area contributed by atoms with Crippen molar-refractivity contribution in [1.82, 2.24) is 0 Å². The molecule has 1 unspecified atom stereocenters. The third-order valence-corrected chi connectivity index (χ3v) is 2.87. The summed E-state index contributed by atoms with van der Waals surface area (Å²) in [5, 5.41) is 3.33. The second-order valence-corrected chi connectivity index (χ2v) is 4.78. The highest BCUT2D eigenvalue weighted by atomic mass is 16.5. The maximum atomic E-state index is 11.5. The standard InChI is InChI=1S/C15H23NO2/c1-5-18-15(17)12(4)10-16-14-9-7-6-8-13(14)11(2)3/h6-9,11-12,16H,5,10H2,1-4H3. The fourth-order valence-corrected chi connectivity index (χ4v) is 1.79. The zero-order chi connectivity index (χ0) is 13.5. The summed E-state index contributed by atoms with van der Waals surface area (Å²) in [5.74, 6) is 0.184. The lowest BCUT2D eigenvalue weighted by Gasteiger charge is -2.17. The first-order chi connectivity index (χ1) is 8.56. The number of rotatable bonds is 6. The van der Waals surface area contributed by atoms with Gasteiger partial charge in [-0.05, 0) is 24.5 Å². The van der Waals surface area contributed by atoms with Gasteiger partial charge in [-0.25, -0.2) is 0 Å². The van der Waals surface area contributed by atoms with Crippen molar-refractivity contribution in [2.24, 2.45) is 5.92 Å². The van der Waals surface area contributed by atoms with Gasteiger partial charge in [-0.3, -0.25) is 4.79 Å². The van der Waals surface area contributed by atoms with Gasteiger partial charge in [-0.15, -0.1) is 0 Å². The minimum Gasteiger partial charge on any atom is -0.466 e. The van der Waals surface area contributed by atoms with E-state index in [9.17, 15) is 4.79 Å². The molecule has 0 aliphatic heterocycles. The Morgan fingerprint density at radius 1 is 1.28 bits per heavy atom. The van der Waals surface area contributed by atoms with Crippen LogP contribution in [0.15, 0.2) is 24.3 Å². The third kappa shape index (κ3) is 4.06. The molecule has 100 valence electrons. The first kappa shape index (κ1) is 14.6. The Morgan fingerprint density at radius 2 is 1.94 bits per heavy atom. The zero-order valence-electron chi connectivity index (χ0n) is 11.7. The maximum absolute atomic E-state index is 11.5. The number of ether oxygens (including phenoxy) is 1. The summed E-state index contributed by atoms with van der Waals surface area (Å²) >= 11 is 0. The average molecular weight is 249 g/mol. The van der Waals surface area contributed by atoms with Crippen molar-refractivity contribution in [3.05, 3.63) is 29.8 Å². The maximum Gasteiger partial charge on any atom is 0.310 e. The number of nitrogens with one attached hydrogen (secondary N) is 1. The monoisotopic (exact) mass is 249 g/mol. The predicted octanol–water partition coefficient (Wildman–Crippen LogP) is 3.42. The van der Waals surface area contributed by atoms with E-state index in [1.165, 1.54) is 5.56 Å². The predicted molar refractivity (Wildman–Crippen MR) is 74.8 cm³/mol. The van der Waals surface area contributed by atoms with Crippen molar-refractivity contribution >= 4 is 11.7 Å². The van der Waals surface area contributed by atoms with E-state index in [0.29, 0.717) is 19.1 Å². The van der Waals surface area contributed by atoms with Crippen LogP contribution in [0.5, 0.6) is 0 Å². The number of hydrogen-bond donors (Lipinski definition) is 1. The summed E-state index contributed by atoms with van der Waals surface area (Å²) in [7, 11) is 0. The van der Waals surface area contributed by atoms with Gasteiger partial charge in [0.15, 0.2) is 0 Å². The lowest BCUT2D eigenvalue weighted by atomic mass is 10.0. The second-order valence-electron chi connectivity index (χ2n) is 4.78. The van der Waals surface area contributed by atoms with Gasteiger partial charge < -0.3 is 10.1 Å². The van der Waals surface area contributed by atoms with Crippen molar-refractivity contribution in [2.75, 3.05) is 18.5 Å². The molecule has 18 heavy (non-hydrogen) atoms. The first-order valence-corrected chi connectivity index (χ1v) is 6.55. The van der Waals surface area contributed by atoms with Gasteiger partial charge in [0, 0.05) is 12.2 Å². The number of carbonyl (C=O) groups excluding carboxylic acids is 1. The van der Waals surface area contributed by atoms with Gasteiger partial charge in [0.25, 0.3) is 0 Å². The molecule has 0 saturated carbocycles. The van der Waals surface area contributed by atoms with Gasteiger partial charge in [0.05, 0.1) is 12.5 Å². The molecule has 0 heterocycles. The Morgan fingerprint density at radius 3 is 2.56 bits per heavy atom. The molecule has 0 bridgehead atoms. The largest absolute Gasteiger partial charge is 0.466 e. The van der Waals surface area contributed by atoms with Crippen molar-refractivity contribution in [2.45, 2.75) is 33.6 Å². The molecule has 0 spiro atoms. The van der Waals surface area contributed by atoms with Crippen molar-refractivity contribution in [3.8, 4) is 0 Å². The van der Waals surface area contributed by atoms with E-state index in [1.807, 2.05) is 32.0 Å². The Bertz CT molecular complexity index is 388. The highest BCUT2D eigenvalue weighted by molar-refractivity contribution is 5.72. The molecule has 3 nitrogen and oxygen atoms in total. The van der Waals surface area contributed by atoms with Gasteiger partial charge in [-0.1, -0.05) is 39.0 Å². The van der Waals surface area contributed by atoms with E-state index in [0.717, 1.165) is 5.69 Å². The molecule has 0 aromatic heterocycles. The summed E-state index contributed by atoms with van der Waals surface area (Å²) in [5.41, 5.74) is 2.37. The minimum atomic E-state index is -0.146. The number of hydrogen-bond acceptors (Lipinski definition) is 3. The lowest BCUT2D eigenvalue weighted by Crippen LogP contribution is -2.23. The topological polar surface area (TPSA) is 38.3 Å². The van der Waals surface area contributed by atoms with Crippen molar-refractivity contribution in [1.29, 1.82) is 0 Å². The summed E-state index contributed by atoms with van der Waals surface area (Å²) in [6.07, 6.45) is 0. The molecule has 3 heteroatoms. The molecule has 0 radical (unpaired) electrons. The SMILES string of the molecule is CCOC(=O)C(C)CNc1ccccc1C(C)C. The number of anilines is 1. The van der Waals surface area contributed by atoms with Crippen molar-refractivity contribution < 1.29 is 9.53 Å². The zero-order valence-corrected chi connectivity index (χ0v) is 11.7. The van der Waals surface area contributed by atoms with Crippen LogP contribution in [0.25, 0.3) is 0 Å². The second kappa shape index (κ2) is 7.04. The fraction of sp³-hybridized carbons (Fsp3) is 0.533. The first-order valence-electron chi connectivity index (χ1n) is 6.55. The van der Waals surface area contributed by atoms with Crippen LogP contribution in [0.3, 0.4) is 0 Å². The molecule has 0 aliphatic carbocycles. The lowest BCUT2D eigenvalue weighted by molar-refractivity contribution is -0.146. The van der Waals surface area contributed by atoms with E-state index in [1.54, 1.807) is 0 Å². The number of esters is 1. The number of benzene rings is 1. The fourth-order valence-electron chi connectivity index (χ4n) is 1.79. The third-order valence-electron chi connectivity index (χ3n) is 2.87. The molecule has 0 fully saturated rings. The highest BCUT2D eigenvalue weighted by Crippen LogP contribution is 2.23. The van der Waals surface area contributed by atoms with E-state index in [-0.39, 0.29) is 11.9 Å².